The van der Waals surface area contributed by atoms with E-state index in [2.05, 4.69) is 38.1 Å². The number of H-pyrrole nitrogens is 1. The lowest BCUT2D eigenvalue weighted by molar-refractivity contribution is 0.0976. The van der Waals surface area contributed by atoms with E-state index < -0.39 is 15.1 Å². The number of aromatic amines is 1. The summed E-state index contributed by atoms with van der Waals surface area (Å²) < 4.78 is 26.7. The molecule has 0 saturated heterocycles. The van der Waals surface area contributed by atoms with E-state index >= 15 is 0 Å². The fourth-order valence-electron chi connectivity index (χ4n) is 5.52. The van der Waals surface area contributed by atoms with E-state index in [1.54, 1.807) is 47.0 Å². The van der Waals surface area contributed by atoms with Crippen LogP contribution in [0.4, 0.5) is 5.95 Å². The van der Waals surface area contributed by atoms with Crippen molar-refractivity contribution in [3.8, 4) is 0 Å². The second-order valence-corrected chi connectivity index (χ2v) is 14.2. The van der Waals surface area contributed by atoms with Crippen LogP contribution in [0.2, 0.25) is 0 Å². The number of amides is 1. The van der Waals surface area contributed by atoms with Crippen LogP contribution < -0.4 is 16.0 Å². The first kappa shape index (κ1) is 26.2. The minimum atomic E-state index is -4.20. The lowest BCUT2D eigenvalue weighted by atomic mass is 9.87. The first-order valence-electron chi connectivity index (χ1n) is 13.2. The van der Waals surface area contributed by atoms with Crippen LogP contribution in [0.5, 0.6) is 0 Å². The van der Waals surface area contributed by atoms with Crippen molar-refractivity contribution in [3.63, 3.8) is 0 Å². The zero-order valence-corrected chi connectivity index (χ0v) is 23.3. The lowest BCUT2D eigenvalue weighted by Crippen LogP contribution is -2.51. The van der Waals surface area contributed by atoms with Gasteiger partial charge in [-0.25, -0.2) is 14.3 Å². The molecule has 5 N–H and O–H groups in total. The Morgan fingerprint density at radius 1 is 1.20 bits per heavy atom. The Morgan fingerprint density at radius 3 is 2.80 bits per heavy atom. The Labute approximate surface area is 233 Å². The molecule has 1 aromatic heterocycles. The highest BCUT2D eigenvalue weighted by atomic mass is 32.3. The van der Waals surface area contributed by atoms with Crippen LogP contribution in [0, 0.1) is 0 Å². The van der Waals surface area contributed by atoms with Crippen molar-refractivity contribution in [1.29, 1.82) is 0 Å². The minimum Gasteiger partial charge on any atom is -0.352 e. The fourth-order valence-corrected chi connectivity index (χ4v) is 7.56. The second kappa shape index (κ2) is 9.54. The number of carbonyl (C=O) groups excluding carboxylic acids is 1. The minimum absolute atomic E-state index is 0.258. The number of anilines is 1. The van der Waals surface area contributed by atoms with Crippen molar-refractivity contribution in [1.82, 2.24) is 24.9 Å². The predicted octanol–water partition coefficient (Wildman–Crippen LogP) is 3.44. The summed E-state index contributed by atoms with van der Waals surface area (Å²) in [7, 11) is -4.20. The van der Waals surface area contributed by atoms with Crippen LogP contribution in [0.1, 0.15) is 34.8 Å². The Balaban J connectivity index is 1.15. The normalized spacial score (nSPS) is 21.5. The van der Waals surface area contributed by atoms with Gasteiger partial charge in [0, 0.05) is 43.8 Å². The number of carbonyl (C=O) groups is 1. The number of aliphatic imine (C=N–C) groups is 1. The molecule has 3 aliphatic rings. The highest BCUT2D eigenvalue weighted by molar-refractivity contribution is 8.12. The van der Waals surface area contributed by atoms with Crippen molar-refractivity contribution in [2.75, 3.05) is 24.7 Å². The molecule has 0 saturated carbocycles. The molecule has 10 nitrogen and oxygen atoms in total. The number of imidazole rings is 1. The number of guanidine groups is 1. The molecule has 3 heterocycles. The highest BCUT2D eigenvalue weighted by Gasteiger charge is 2.39. The van der Waals surface area contributed by atoms with E-state index in [0.717, 1.165) is 28.8 Å². The van der Waals surface area contributed by atoms with Gasteiger partial charge in [0.15, 0.2) is 5.95 Å². The van der Waals surface area contributed by atoms with E-state index in [9.17, 15) is 13.6 Å². The molecule has 0 radical (unpaired) electrons. The van der Waals surface area contributed by atoms with Crippen LogP contribution in [0.15, 0.2) is 94.2 Å². The van der Waals surface area contributed by atoms with E-state index in [0.29, 0.717) is 48.4 Å². The molecule has 1 aliphatic carbocycles. The van der Waals surface area contributed by atoms with Crippen LogP contribution in [-0.4, -0.2) is 59.8 Å². The van der Waals surface area contributed by atoms with Crippen LogP contribution in [0.3, 0.4) is 0 Å². The summed E-state index contributed by atoms with van der Waals surface area (Å²) in [5.74, 6) is 0.849. The molecular weight excluding hydrogens is 526 g/mol. The molecule has 3 aromatic rings. The smallest absolute Gasteiger partial charge is 0.257 e. The molecule has 0 fully saturated rings. The Hall–Kier alpha value is -4.06. The van der Waals surface area contributed by atoms with Gasteiger partial charge in [-0.2, -0.15) is 4.21 Å². The summed E-state index contributed by atoms with van der Waals surface area (Å²) in [6, 6.07) is 14.3. The third-order valence-corrected chi connectivity index (χ3v) is 10.7. The van der Waals surface area contributed by atoms with Crippen molar-refractivity contribution in [2.45, 2.75) is 36.7 Å². The number of hydrogen-bond acceptors (Lipinski definition) is 6. The topological polar surface area (TPSA) is 135 Å². The average Bonchev–Trinajstić information content (AvgIpc) is 3.58. The quantitative estimate of drug-likeness (QED) is 0.314. The molecule has 6 rings (SSSR count). The average molecular weight is 560 g/mol. The molecule has 0 spiro atoms. The number of fused-ring (bicyclic) bond motifs is 2. The maximum Gasteiger partial charge on any atom is 0.257 e. The van der Waals surface area contributed by atoms with Crippen molar-refractivity contribution in [2.24, 2.45) is 4.99 Å². The zero-order chi connectivity index (χ0) is 28.0. The Kier molecular flexibility index (Phi) is 6.25. The summed E-state index contributed by atoms with van der Waals surface area (Å²) >= 11 is 0. The maximum absolute atomic E-state index is 13.8. The number of hydrogen-bond donors (Lipinski definition) is 5. The summed E-state index contributed by atoms with van der Waals surface area (Å²) in [6.45, 7) is 3.34. The molecule has 2 aliphatic heterocycles. The second-order valence-electron chi connectivity index (χ2n) is 10.8. The molecule has 11 heteroatoms. The predicted molar refractivity (Wildman–Crippen MR) is 156 cm³/mol. The molecule has 0 bridgehead atoms. The lowest BCUT2D eigenvalue weighted by Gasteiger charge is -2.50. The van der Waals surface area contributed by atoms with Crippen LogP contribution in [-0.2, 0) is 22.5 Å². The molecular formula is C29H33N7O3S. The van der Waals surface area contributed by atoms with E-state index in [1.807, 2.05) is 25.1 Å². The maximum atomic E-state index is 13.8. The fraction of sp³-hybridized carbons (Fsp3) is 0.276. The van der Waals surface area contributed by atoms with Gasteiger partial charge < -0.3 is 15.6 Å². The van der Waals surface area contributed by atoms with Gasteiger partial charge in [-0.15, -0.1) is 9.53 Å². The zero-order valence-electron chi connectivity index (χ0n) is 22.5. The van der Waals surface area contributed by atoms with E-state index in [-0.39, 0.29) is 5.91 Å². The van der Waals surface area contributed by atoms with Crippen molar-refractivity contribution >= 4 is 27.3 Å². The van der Waals surface area contributed by atoms with E-state index in [4.69, 9.17) is 4.99 Å². The largest absolute Gasteiger partial charge is 0.352 e. The monoisotopic (exact) mass is 559 g/mol. The third kappa shape index (κ3) is 4.76. The van der Waals surface area contributed by atoms with Crippen molar-refractivity contribution < 1.29 is 13.6 Å². The number of nitrogens with one attached hydrogen (secondary N) is 4. The van der Waals surface area contributed by atoms with Gasteiger partial charge >= 0.3 is 0 Å². The highest BCUT2D eigenvalue weighted by Crippen LogP contribution is 2.37. The van der Waals surface area contributed by atoms with Gasteiger partial charge in [-0.3, -0.25) is 14.7 Å². The van der Waals surface area contributed by atoms with Crippen LogP contribution >= 0.6 is 0 Å². The molecule has 40 heavy (non-hydrogen) atoms. The number of benzene rings is 2. The number of aromatic nitrogens is 2. The molecule has 208 valence electrons. The number of nitrogens with zero attached hydrogens (tertiary/aromatic N) is 3. The first-order valence-corrected chi connectivity index (χ1v) is 15.5. The standard InChI is InChI=1S/C29H33N7O3S/c1-29-13-6-7-22(18-32-27-30-14-15-31-27)25(29)33-28(35-29)34-26(37)21-10-11-23-19-36(16-12-20(23)17-21)40(2,38,39)24-8-4-3-5-9-24/h3-11,14-15,17H,12-13,16,18-19H2,1-2H3,(H,38,39)(H2,30,31,32)(H2,33,34,35,37). The number of rotatable bonds is 6. The third-order valence-electron chi connectivity index (χ3n) is 7.81. The first-order chi connectivity index (χ1) is 19.1. The Morgan fingerprint density at radius 2 is 2.02 bits per heavy atom. The SMILES string of the molecule is CC12CC=CC(CNc3ncc[nH]3)=C1NC(NC(=O)c1ccc3c(c1)CCN(S(C)(=O)(O)c1ccccc1)C3)=N2. The summed E-state index contributed by atoms with van der Waals surface area (Å²) in [6.07, 6.45) is 10.3. The van der Waals surface area contributed by atoms with Gasteiger partial charge in [0.05, 0.1) is 10.6 Å². The van der Waals surface area contributed by atoms with Gasteiger partial charge in [0.25, 0.3) is 5.91 Å². The Bertz CT molecular complexity index is 1620. The molecule has 1 amide bonds. The van der Waals surface area contributed by atoms with E-state index in [1.165, 1.54) is 6.26 Å². The summed E-state index contributed by atoms with van der Waals surface area (Å²) in [4.78, 5) is 25.7. The molecule has 1 unspecified atom stereocenters. The van der Waals surface area contributed by atoms with Gasteiger partial charge in [-0.05, 0) is 60.7 Å². The van der Waals surface area contributed by atoms with Gasteiger partial charge in [0.2, 0.25) is 5.96 Å². The summed E-state index contributed by atoms with van der Waals surface area (Å²) in [5, 5.41) is 9.54. The van der Waals surface area contributed by atoms with Crippen LogP contribution in [0.25, 0.3) is 0 Å². The summed E-state index contributed by atoms with van der Waals surface area (Å²) in [5.41, 5.74) is 3.97. The van der Waals surface area contributed by atoms with Crippen molar-refractivity contribution in [3.05, 3.63) is 101 Å². The molecule has 1 atom stereocenters. The van der Waals surface area contributed by atoms with Gasteiger partial charge in [-0.1, -0.05) is 36.4 Å². The molecule has 2 aromatic carbocycles. The van der Waals surface area contributed by atoms with Gasteiger partial charge in [0.1, 0.15) is 5.54 Å².